The fourth-order valence-electron chi connectivity index (χ4n) is 4.30. The predicted octanol–water partition coefficient (Wildman–Crippen LogP) is 3.69. The highest BCUT2D eigenvalue weighted by Gasteiger charge is 2.61. The molecule has 0 radical (unpaired) electrons. The number of ether oxygens (including phenoxy) is 1. The maximum absolute atomic E-state index is 6.39. The van der Waals surface area contributed by atoms with Gasteiger partial charge in [0.15, 0.2) is 0 Å². The quantitative estimate of drug-likeness (QED) is 0.549. The highest BCUT2D eigenvalue weighted by atomic mass is 16.5. The van der Waals surface area contributed by atoms with Gasteiger partial charge < -0.3 is 4.74 Å². The van der Waals surface area contributed by atoms with Crippen molar-refractivity contribution in [2.24, 2.45) is 11.3 Å². The maximum Gasteiger partial charge on any atom is 0.0949 e. The van der Waals surface area contributed by atoms with E-state index in [2.05, 4.69) is 20.4 Å². The van der Waals surface area contributed by atoms with E-state index in [0.29, 0.717) is 11.5 Å². The van der Waals surface area contributed by atoms with Gasteiger partial charge in [-0.25, -0.2) is 0 Å². The molecular formula is C14H22O. The minimum absolute atomic E-state index is 0.0631. The second kappa shape index (κ2) is 2.88. The van der Waals surface area contributed by atoms with E-state index >= 15 is 0 Å². The summed E-state index contributed by atoms with van der Waals surface area (Å²) in [5.41, 5.74) is 1.85. The molecule has 1 nitrogen and oxygen atoms in total. The fraction of sp³-hybridized carbons (Fsp3) is 0.857. The molecule has 1 aliphatic heterocycles. The van der Waals surface area contributed by atoms with Crippen molar-refractivity contribution in [3.05, 3.63) is 12.2 Å². The summed E-state index contributed by atoms with van der Waals surface area (Å²) in [7, 11) is 0. The lowest BCUT2D eigenvalue weighted by molar-refractivity contribution is -0.105. The van der Waals surface area contributed by atoms with Crippen molar-refractivity contribution < 1.29 is 4.74 Å². The lowest BCUT2D eigenvalue weighted by atomic mass is 9.55. The summed E-state index contributed by atoms with van der Waals surface area (Å²) in [6, 6.07) is 0. The van der Waals surface area contributed by atoms with Crippen molar-refractivity contribution in [2.75, 3.05) is 0 Å². The number of hydrogen-bond donors (Lipinski definition) is 0. The zero-order valence-corrected chi connectivity index (χ0v) is 10.0. The Hall–Kier alpha value is -0.300. The third-order valence-corrected chi connectivity index (χ3v) is 5.42. The van der Waals surface area contributed by atoms with Gasteiger partial charge in [-0.05, 0) is 56.9 Å². The molecule has 0 aromatic heterocycles. The molecule has 0 aromatic rings. The molecule has 0 amide bonds. The van der Waals surface area contributed by atoms with Crippen LogP contribution in [0.3, 0.4) is 0 Å². The lowest BCUT2D eigenvalue weighted by Crippen LogP contribution is -2.51. The van der Waals surface area contributed by atoms with E-state index in [9.17, 15) is 0 Å². The Morgan fingerprint density at radius 1 is 1.40 bits per heavy atom. The average Bonchev–Trinajstić information content (AvgIpc) is 2.48. The first-order valence-corrected chi connectivity index (χ1v) is 6.43. The topological polar surface area (TPSA) is 9.23 Å². The SMILES string of the molecule is C=C1CCC[C@@]2(C)CC[C@@H]3C[C@]12O[C@H]3C. The molecule has 1 heteroatoms. The molecule has 0 aromatic carbocycles. The van der Waals surface area contributed by atoms with Crippen LogP contribution in [0.25, 0.3) is 0 Å². The molecule has 2 saturated carbocycles. The van der Waals surface area contributed by atoms with Gasteiger partial charge in [0, 0.05) is 5.41 Å². The maximum atomic E-state index is 6.39. The molecule has 3 aliphatic rings. The van der Waals surface area contributed by atoms with Crippen molar-refractivity contribution in [1.29, 1.82) is 0 Å². The van der Waals surface area contributed by atoms with Gasteiger partial charge >= 0.3 is 0 Å². The van der Waals surface area contributed by atoms with Crippen LogP contribution in [0.15, 0.2) is 12.2 Å². The van der Waals surface area contributed by atoms with Crippen LogP contribution in [-0.2, 0) is 4.74 Å². The van der Waals surface area contributed by atoms with Crippen LogP contribution >= 0.6 is 0 Å². The van der Waals surface area contributed by atoms with Crippen molar-refractivity contribution in [1.82, 2.24) is 0 Å². The first-order valence-electron chi connectivity index (χ1n) is 6.43. The molecule has 1 spiro atoms. The largest absolute Gasteiger partial charge is 0.367 e. The zero-order chi connectivity index (χ0) is 10.7. The molecule has 1 saturated heterocycles. The van der Waals surface area contributed by atoms with E-state index < -0.39 is 0 Å². The average molecular weight is 206 g/mol. The minimum atomic E-state index is 0.0631. The Morgan fingerprint density at radius 3 is 3.00 bits per heavy atom. The molecule has 4 atom stereocenters. The van der Waals surface area contributed by atoms with Gasteiger partial charge in [-0.3, -0.25) is 0 Å². The van der Waals surface area contributed by atoms with E-state index in [1.54, 1.807) is 0 Å². The summed E-state index contributed by atoms with van der Waals surface area (Å²) >= 11 is 0. The van der Waals surface area contributed by atoms with Crippen molar-refractivity contribution in [3.8, 4) is 0 Å². The van der Waals surface area contributed by atoms with Gasteiger partial charge in [0.05, 0.1) is 11.7 Å². The molecule has 3 rings (SSSR count). The van der Waals surface area contributed by atoms with E-state index in [0.717, 1.165) is 5.92 Å². The Kier molecular flexibility index (Phi) is 1.90. The van der Waals surface area contributed by atoms with E-state index in [1.165, 1.54) is 44.1 Å². The van der Waals surface area contributed by atoms with Crippen molar-refractivity contribution in [2.45, 2.75) is 64.1 Å². The van der Waals surface area contributed by atoms with Gasteiger partial charge in [0.25, 0.3) is 0 Å². The molecule has 1 heterocycles. The third-order valence-electron chi connectivity index (χ3n) is 5.42. The summed E-state index contributed by atoms with van der Waals surface area (Å²) in [6.45, 7) is 9.02. The van der Waals surface area contributed by atoms with Crippen LogP contribution < -0.4 is 0 Å². The highest BCUT2D eigenvalue weighted by molar-refractivity contribution is 5.27. The molecule has 84 valence electrons. The molecule has 15 heavy (non-hydrogen) atoms. The van der Waals surface area contributed by atoms with Gasteiger partial charge in [0.2, 0.25) is 0 Å². The molecule has 2 aliphatic carbocycles. The second-order valence-corrected chi connectivity index (χ2v) is 6.17. The number of rotatable bonds is 0. The van der Waals surface area contributed by atoms with Gasteiger partial charge in [0.1, 0.15) is 0 Å². The summed E-state index contributed by atoms with van der Waals surface area (Å²) in [5.74, 6) is 0.799. The number of fused-ring (bicyclic) bond motifs is 1. The Labute approximate surface area is 92.9 Å². The lowest BCUT2D eigenvalue weighted by Gasteiger charge is -2.52. The standard InChI is InChI=1S/C14H22O/c1-10-5-4-7-13(3)8-6-12-9-14(10,13)15-11(12)2/h11-12H,1,4-9H2,2-3H3/t11-,12+,13-,14-/m0/s1. The predicted molar refractivity (Wildman–Crippen MR) is 61.7 cm³/mol. The van der Waals surface area contributed by atoms with Gasteiger partial charge in [-0.2, -0.15) is 0 Å². The van der Waals surface area contributed by atoms with Crippen LogP contribution in [0, 0.1) is 11.3 Å². The summed E-state index contributed by atoms with van der Waals surface area (Å²) in [6.07, 6.45) is 8.28. The minimum Gasteiger partial charge on any atom is -0.367 e. The van der Waals surface area contributed by atoms with Crippen LogP contribution in [-0.4, -0.2) is 11.7 Å². The first-order chi connectivity index (χ1) is 7.07. The van der Waals surface area contributed by atoms with Crippen LogP contribution in [0.2, 0.25) is 0 Å². The number of hydrogen-bond acceptors (Lipinski definition) is 1. The normalized spacial score (nSPS) is 54.1. The van der Waals surface area contributed by atoms with E-state index in [-0.39, 0.29) is 5.60 Å². The van der Waals surface area contributed by atoms with Crippen molar-refractivity contribution >= 4 is 0 Å². The van der Waals surface area contributed by atoms with Gasteiger partial charge in [-0.15, -0.1) is 0 Å². The Morgan fingerprint density at radius 2 is 2.20 bits per heavy atom. The van der Waals surface area contributed by atoms with Crippen molar-refractivity contribution in [3.63, 3.8) is 0 Å². The Balaban J connectivity index is 2.05. The first kappa shape index (κ1) is 9.89. The smallest absolute Gasteiger partial charge is 0.0949 e. The van der Waals surface area contributed by atoms with Crippen LogP contribution in [0.5, 0.6) is 0 Å². The highest BCUT2D eigenvalue weighted by Crippen LogP contribution is 2.62. The monoisotopic (exact) mass is 206 g/mol. The van der Waals surface area contributed by atoms with Crippen LogP contribution in [0.4, 0.5) is 0 Å². The fourth-order valence-corrected chi connectivity index (χ4v) is 4.30. The summed E-state index contributed by atoms with van der Waals surface area (Å²) < 4.78 is 6.39. The zero-order valence-electron chi connectivity index (χ0n) is 10.0. The second-order valence-electron chi connectivity index (χ2n) is 6.17. The molecular weight excluding hydrogens is 184 g/mol. The Bertz CT molecular complexity index is 304. The summed E-state index contributed by atoms with van der Waals surface area (Å²) in [5, 5.41) is 0. The van der Waals surface area contributed by atoms with E-state index in [4.69, 9.17) is 4.74 Å². The van der Waals surface area contributed by atoms with E-state index in [1.807, 2.05) is 0 Å². The molecule has 3 fully saturated rings. The molecule has 0 N–H and O–H groups in total. The molecule has 0 unspecified atom stereocenters. The van der Waals surface area contributed by atoms with Crippen LogP contribution in [0.1, 0.15) is 52.4 Å². The molecule has 2 bridgehead atoms. The third kappa shape index (κ3) is 1.08. The van der Waals surface area contributed by atoms with Gasteiger partial charge in [-0.1, -0.05) is 13.5 Å². The summed E-state index contributed by atoms with van der Waals surface area (Å²) in [4.78, 5) is 0.